The van der Waals surface area contributed by atoms with Crippen molar-refractivity contribution in [3.8, 4) is 0 Å². The predicted molar refractivity (Wildman–Crippen MR) is 42.7 cm³/mol. The third-order valence-electron chi connectivity index (χ3n) is 1.14. The summed E-state index contributed by atoms with van der Waals surface area (Å²) in [5, 5.41) is 0.155. The standard InChI is InChI=1S/C6H3ClF.ClH.Mg/c7-5-3-1-2-4-6(5)8;;/h1,3-4H;1H;/q;;+1/p-1. The van der Waals surface area contributed by atoms with Crippen LogP contribution in [0.1, 0.15) is 0 Å². The van der Waals surface area contributed by atoms with E-state index < -0.39 is 19.3 Å². The van der Waals surface area contributed by atoms with Crippen LogP contribution in [0.3, 0.4) is 0 Å². The molecule has 1 aromatic carbocycles. The van der Waals surface area contributed by atoms with Crippen LogP contribution in [-0.2, 0) is 0 Å². The van der Waals surface area contributed by atoms with Crippen molar-refractivity contribution in [3.05, 3.63) is 29.0 Å². The summed E-state index contributed by atoms with van der Waals surface area (Å²) in [5.41, 5.74) is 0. The minimum Gasteiger partial charge on any atom is -0.336 e. The Bertz CT molecular complexity index is 239. The van der Waals surface area contributed by atoms with Crippen molar-refractivity contribution in [1.82, 2.24) is 0 Å². The molecule has 50 valence electrons. The van der Waals surface area contributed by atoms with Gasteiger partial charge in [-0.05, 0) is 12.1 Å². The molecule has 0 bridgehead atoms. The Morgan fingerprint density at radius 1 is 1.40 bits per heavy atom. The van der Waals surface area contributed by atoms with Crippen LogP contribution in [0, 0.1) is 5.82 Å². The third-order valence-corrected chi connectivity index (χ3v) is 3.12. The fraction of sp³-hybridized carbons (Fsp3) is 0. The van der Waals surface area contributed by atoms with E-state index in [9.17, 15) is 4.39 Å². The van der Waals surface area contributed by atoms with Gasteiger partial charge in [0.1, 0.15) is 5.82 Å². The summed E-state index contributed by atoms with van der Waals surface area (Å²) in [6, 6.07) is 4.67. The number of rotatable bonds is 1. The van der Waals surface area contributed by atoms with Gasteiger partial charge in [-0.15, -0.1) is 3.69 Å². The first-order valence-electron chi connectivity index (χ1n) is 2.74. The highest BCUT2D eigenvalue weighted by Crippen LogP contribution is 2.10. The Morgan fingerprint density at radius 3 is 2.60 bits per heavy atom. The van der Waals surface area contributed by atoms with Crippen LogP contribution in [0.4, 0.5) is 4.39 Å². The fourth-order valence-corrected chi connectivity index (χ4v) is 1.70. The maximum atomic E-state index is 12.6. The summed E-state index contributed by atoms with van der Waals surface area (Å²) in [6.45, 7) is 0. The van der Waals surface area contributed by atoms with Crippen LogP contribution in [0.25, 0.3) is 0 Å². The molecule has 0 N–H and O–H groups in total. The highest BCUT2D eigenvalue weighted by molar-refractivity contribution is 7.01. The van der Waals surface area contributed by atoms with Crippen molar-refractivity contribution in [3.63, 3.8) is 0 Å². The minimum atomic E-state index is -0.773. The van der Waals surface area contributed by atoms with Gasteiger partial charge in [-0.3, -0.25) is 0 Å². The van der Waals surface area contributed by atoms with Gasteiger partial charge in [0.2, 0.25) is 0 Å². The maximum absolute atomic E-state index is 12.6. The predicted octanol–water partition coefficient (Wildman–Crippen LogP) is 1.96. The van der Waals surface area contributed by atoms with Gasteiger partial charge in [0.15, 0.2) is 0 Å². The molecular weight excluding hydrogens is 186 g/mol. The molecule has 0 spiro atoms. The highest BCUT2D eigenvalue weighted by Gasteiger charge is 2.00. The van der Waals surface area contributed by atoms with Gasteiger partial charge in [-0.25, -0.2) is 4.39 Å². The van der Waals surface area contributed by atoms with Crippen LogP contribution in [0.15, 0.2) is 18.2 Å². The zero-order valence-corrected chi connectivity index (χ0v) is 8.00. The molecule has 1 aromatic rings. The molecule has 0 aromatic heterocycles. The monoisotopic (exact) mass is 188 g/mol. The first kappa shape index (κ1) is 8.59. The van der Waals surface area contributed by atoms with Crippen molar-refractivity contribution in [1.29, 1.82) is 0 Å². The number of halogens is 3. The molecule has 0 saturated carbocycles. The topological polar surface area (TPSA) is 0 Å². The van der Waals surface area contributed by atoms with Crippen LogP contribution in [0.5, 0.6) is 0 Å². The Morgan fingerprint density at radius 2 is 2.10 bits per heavy atom. The van der Waals surface area contributed by atoms with Crippen molar-refractivity contribution in [2.24, 2.45) is 0 Å². The second-order valence-corrected chi connectivity index (χ2v) is 4.17. The highest BCUT2D eigenvalue weighted by atomic mass is 35.5. The van der Waals surface area contributed by atoms with Crippen LogP contribution >= 0.6 is 20.7 Å². The van der Waals surface area contributed by atoms with Gasteiger partial charge in [-0.1, -0.05) is 17.7 Å². The second-order valence-electron chi connectivity index (χ2n) is 1.88. The Hall–Kier alpha value is 0.496. The number of hydrogen-bond acceptors (Lipinski definition) is 0. The van der Waals surface area contributed by atoms with Gasteiger partial charge in [0.05, 0.1) is 5.02 Å². The normalized spacial score (nSPS) is 9.10. The molecule has 0 radical (unpaired) electrons. The van der Waals surface area contributed by atoms with E-state index in [1.807, 2.05) is 0 Å². The summed E-state index contributed by atoms with van der Waals surface area (Å²) in [4.78, 5) is 0. The smallest absolute Gasteiger partial charge is 0.336 e. The molecule has 10 heavy (non-hydrogen) atoms. The zero-order chi connectivity index (χ0) is 7.56. The summed E-state index contributed by atoms with van der Waals surface area (Å²) in [7, 11) is 5.58. The Kier molecular flexibility index (Phi) is 3.23. The SMILES string of the molecule is Fc1c[c]([Mg][Cl])ccc1Cl. The fourth-order valence-electron chi connectivity index (χ4n) is 0.623. The molecule has 0 aliphatic rings. The quantitative estimate of drug-likeness (QED) is 0.592. The van der Waals surface area contributed by atoms with E-state index in [4.69, 9.17) is 20.7 Å². The van der Waals surface area contributed by atoms with E-state index in [1.54, 1.807) is 6.07 Å². The van der Waals surface area contributed by atoms with E-state index in [-0.39, 0.29) is 10.8 Å². The average Bonchev–Trinajstić information content (AvgIpc) is 1.95. The van der Waals surface area contributed by atoms with Crippen molar-refractivity contribution in [2.45, 2.75) is 0 Å². The molecule has 0 aliphatic carbocycles. The molecule has 0 fully saturated rings. The van der Waals surface area contributed by atoms with Gasteiger partial charge >= 0.3 is 19.3 Å². The molecular formula is C6H3Cl2FMg. The molecule has 0 heterocycles. The number of benzene rings is 1. The lowest BCUT2D eigenvalue weighted by Crippen LogP contribution is -2.08. The van der Waals surface area contributed by atoms with E-state index in [0.29, 0.717) is 0 Å². The van der Waals surface area contributed by atoms with Crippen LogP contribution < -0.4 is 3.69 Å². The lowest BCUT2D eigenvalue weighted by atomic mass is 10.3. The molecule has 0 amide bonds. The average molecular weight is 189 g/mol. The lowest BCUT2D eigenvalue weighted by molar-refractivity contribution is 0.629. The first-order valence-corrected chi connectivity index (χ1v) is 5.96. The zero-order valence-electron chi connectivity index (χ0n) is 5.07. The van der Waals surface area contributed by atoms with Gasteiger partial charge in [0, 0.05) is 0 Å². The lowest BCUT2D eigenvalue weighted by Gasteiger charge is -1.95. The Balaban J connectivity index is 3.04. The van der Waals surface area contributed by atoms with Gasteiger partial charge in [-0.2, -0.15) is 0 Å². The second kappa shape index (κ2) is 3.76. The molecule has 0 saturated heterocycles. The van der Waals surface area contributed by atoms with Crippen molar-refractivity contribution in [2.75, 3.05) is 0 Å². The molecule has 0 aliphatic heterocycles. The van der Waals surface area contributed by atoms with E-state index in [1.165, 1.54) is 12.1 Å². The summed E-state index contributed by atoms with van der Waals surface area (Å²) in [5.74, 6) is -0.382. The van der Waals surface area contributed by atoms with Crippen molar-refractivity contribution < 1.29 is 4.39 Å². The summed E-state index contributed by atoms with van der Waals surface area (Å²) < 4.78 is 13.5. The molecule has 0 nitrogen and oxygen atoms in total. The Labute approximate surface area is 76.8 Å². The minimum absolute atomic E-state index is 0.155. The van der Waals surface area contributed by atoms with E-state index in [0.717, 1.165) is 3.69 Å². The largest absolute Gasteiger partial charge is 0.538 e. The van der Waals surface area contributed by atoms with E-state index in [2.05, 4.69) is 0 Å². The van der Waals surface area contributed by atoms with Gasteiger partial charge < -0.3 is 9.07 Å². The maximum Gasteiger partial charge on any atom is 0.538 e. The summed E-state index contributed by atoms with van der Waals surface area (Å²) >= 11 is 4.66. The van der Waals surface area contributed by atoms with Crippen LogP contribution in [-0.4, -0.2) is 19.3 Å². The van der Waals surface area contributed by atoms with Gasteiger partial charge in [0.25, 0.3) is 0 Å². The van der Waals surface area contributed by atoms with Crippen LogP contribution in [0.2, 0.25) is 5.02 Å². The third kappa shape index (κ3) is 1.99. The van der Waals surface area contributed by atoms with Crippen molar-refractivity contribution >= 4 is 43.6 Å². The van der Waals surface area contributed by atoms with E-state index >= 15 is 0 Å². The first-order chi connectivity index (χ1) is 4.74. The summed E-state index contributed by atoms with van der Waals surface area (Å²) in [6.07, 6.45) is 0. The molecule has 0 atom stereocenters. The number of hydrogen-bond donors (Lipinski definition) is 0. The molecule has 1 rings (SSSR count). The molecule has 4 heteroatoms. The molecule has 0 unspecified atom stereocenters.